The topological polar surface area (TPSA) is 55.0 Å². The van der Waals surface area contributed by atoms with E-state index in [4.69, 9.17) is 37.3 Å². The zero-order valence-electron chi connectivity index (χ0n) is 19.2. The molecule has 1 aromatic heterocycles. The van der Waals surface area contributed by atoms with Gasteiger partial charge in [-0.25, -0.2) is 4.99 Å². The molecule has 0 bridgehead atoms. The van der Waals surface area contributed by atoms with E-state index in [1.54, 1.807) is 29.4 Å². The first-order chi connectivity index (χ1) is 18.0. The van der Waals surface area contributed by atoms with Crippen LogP contribution in [0.1, 0.15) is 16.9 Å². The summed E-state index contributed by atoms with van der Waals surface area (Å²) >= 11 is 17.1. The monoisotopic (exact) mass is 612 g/mol. The summed E-state index contributed by atoms with van der Waals surface area (Å²) in [6, 6.07) is 24.2. The molecule has 5 rings (SSSR count). The van der Waals surface area contributed by atoms with Crippen LogP contribution in [0.5, 0.6) is 5.75 Å². The number of furan rings is 1. The lowest BCUT2D eigenvalue weighted by Gasteiger charge is -2.13. The van der Waals surface area contributed by atoms with E-state index >= 15 is 0 Å². The number of rotatable bonds is 7. The summed E-state index contributed by atoms with van der Waals surface area (Å²) in [5.74, 6) is 1.20. The fourth-order valence-electron chi connectivity index (χ4n) is 3.57. The minimum absolute atomic E-state index is 0.134. The molecule has 1 saturated heterocycles. The average molecular weight is 614 g/mol. The third-order valence-electron chi connectivity index (χ3n) is 5.42. The van der Waals surface area contributed by atoms with E-state index in [9.17, 15) is 4.79 Å². The molecular weight excluding hydrogens is 595 g/mol. The number of carbonyl (C=O) groups is 1. The van der Waals surface area contributed by atoms with E-state index in [1.807, 2.05) is 66.7 Å². The van der Waals surface area contributed by atoms with Crippen molar-refractivity contribution >= 4 is 73.7 Å². The molecule has 1 amide bonds. The molecule has 0 atom stereocenters. The molecule has 186 valence electrons. The fourth-order valence-corrected chi connectivity index (χ4v) is 5.54. The van der Waals surface area contributed by atoms with Crippen LogP contribution in [0.25, 0.3) is 6.08 Å². The summed E-state index contributed by atoms with van der Waals surface area (Å²) in [6.45, 7) is 0.593. The van der Waals surface area contributed by atoms with E-state index in [0.29, 0.717) is 44.8 Å². The molecule has 0 aliphatic carbocycles. The second kappa shape index (κ2) is 11.6. The minimum atomic E-state index is -0.134. The Bertz CT molecular complexity index is 1490. The minimum Gasteiger partial charge on any atom is -0.488 e. The number of halogens is 3. The Kier molecular flexibility index (Phi) is 8.05. The Morgan fingerprint density at radius 1 is 1.03 bits per heavy atom. The van der Waals surface area contributed by atoms with Gasteiger partial charge in [0, 0.05) is 15.6 Å². The van der Waals surface area contributed by atoms with Gasteiger partial charge < -0.3 is 9.15 Å². The van der Waals surface area contributed by atoms with Crippen LogP contribution in [0.15, 0.2) is 104 Å². The number of amidine groups is 1. The summed E-state index contributed by atoms with van der Waals surface area (Å²) in [7, 11) is 0. The molecule has 0 unspecified atom stereocenters. The van der Waals surface area contributed by atoms with Gasteiger partial charge in [-0.15, -0.1) is 0 Å². The summed E-state index contributed by atoms with van der Waals surface area (Å²) in [5.41, 5.74) is 2.45. The fraction of sp³-hybridized carbons (Fsp3) is 0.0714. The lowest BCUT2D eigenvalue weighted by Crippen LogP contribution is -2.28. The van der Waals surface area contributed by atoms with Crippen LogP contribution in [0.4, 0.5) is 5.69 Å². The summed E-state index contributed by atoms with van der Waals surface area (Å²) in [6.07, 6.45) is 3.44. The largest absolute Gasteiger partial charge is 0.488 e. The van der Waals surface area contributed by atoms with Gasteiger partial charge in [-0.2, -0.15) is 0 Å². The molecule has 9 heteroatoms. The van der Waals surface area contributed by atoms with Crippen molar-refractivity contribution in [3.8, 4) is 5.75 Å². The molecule has 2 heterocycles. The number of ether oxygens (including phenoxy) is 1. The van der Waals surface area contributed by atoms with Gasteiger partial charge in [-0.3, -0.25) is 9.69 Å². The summed E-state index contributed by atoms with van der Waals surface area (Å²) in [5, 5.41) is 1.72. The third kappa shape index (κ3) is 6.30. The highest BCUT2D eigenvalue weighted by atomic mass is 79.9. The Hall–Kier alpha value is -2.97. The zero-order valence-corrected chi connectivity index (χ0v) is 23.2. The quantitative estimate of drug-likeness (QED) is 0.196. The molecule has 3 aromatic carbocycles. The van der Waals surface area contributed by atoms with Crippen molar-refractivity contribution in [2.45, 2.75) is 13.2 Å². The Morgan fingerprint density at radius 3 is 2.59 bits per heavy atom. The Morgan fingerprint density at radius 2 is 1.86 bits per heavy atom. The van der Waals surface area contributed by atoms with E-state index < -0.39 is 0 Å². The maximum absolute atomic E-state index is 13.4. The summed E-state index contributed by atoms with van der Waals surface area (Å²) < 4.78 is 12.2. The van der Waals surface area contributed by atoms with Crippen molar-refractivity contribution < 1.29 is 13.9 Å². The molecule has 0 radical (unpaired) electrons. The molecule has 1 aliphatic rings. The average Bonchev–Trinajstić information content (AvgIpc) is 3.49. The number of carbonyl (C=O) groups excluding carboxylic acids is 1. The van der Waals surface area contributed by atoms with Crippen LogP contribution in [-0.2, 0) is 17.9 Å². The van der Waals surface area contributed by atoms with Crippen molar-refractivity contribution in [3.05, 3.63) is 121 Å². The van der Waals surface area contributed by atoms with Crippen LogP contribution < -0.4 is 4.74 Å². The Labute approximate surface area is 236 Å². The van der Waals surface area contributed by atoms with Gasteiger partial charge in [0.05, 0.1) is 27.9 Å². The maximum Gasteiger partial charge on any atom is 0.267 e. The lowest BCUT2D eigenvalue weighted by atomic mass is 10.2. The second-order valence-electron chi connectivity index (χ2n) is 8.03. The predicted molar refractivity (Wildman–Crippen MR) is 153 cm³/mol. The first kappa shape index (κ1) is 25.7. The first-order valence-corrected chi connectivity index (χ1v) is 13.6. The number of hydrogen-bond donors (Lipinski definition) is 0. The second-order valence-corrected chi connectivity index (χ2v) is 10.7. The molecule has 5 nitrogen and oxygen atoms in total. The SMILES string of the molecule is O=C1/C(=C/c2ccc(OCc3ccc(Cl)cc3Cl)c(Br)c2)SC(=Nc2ccccc2)N1Cc1ccco1. The number of hydrogen-bond acceptors (Lipinski definition) is 5. The Balaban J connectivity index is 1.36. The van der Waals surface area contributed by atoms with Crippen LogP contribution in [-0.4, -0.2) is 16.0 Å². The maximum atomic E-state index is 13.4. The van der Waals surface area contributed by atoms with Crippen LogP contribution in [0, 0.1) is 0 Å². The highest BCUT2D eigenvalue weighted by Gasteiger charge is 2.34. The molecule has 1 aliphatic heterocycles. The highest BCUT2D eigenvalue weighted by molar-refractivity contribution is 9.10. The lowest BCUT2D eigenvalue weighted by molar-refractivity contribution is -0.122. The molecule has 37 heavy (non-hydrogen) atoms. The van der Waals surface area contributed by atoms with Gasteiger partial charge in [-0.05, 0) is 87.9 Å². The van der Waals surface area contributed by atoms with E-state index in [-0.39, 0.29) is 5.91 Å². The molecular formula is C28H19BrCl2N2O3S. The van der Waals surface area contributed by atoms with Crippen molar-refractivity contribution in [2.24, 2.45) is 4.99 Å². The smallest absolute Gasteiger partial charge is 0.267 e. The van der Waals surface area contributed by atoms with Crippen molar-refractivity contribution in [2.75, 3.05) is 0 Å². The first-order valence-electron chi connectivity index (χ1n) is 11.2. The molecule has 0 N–H and O–H groups in total. The zero-order chi connectivity index (χ0) is 25.8. The van der Waals surface area contributed by atoms with E-state index in [1.165, 1.54) is 11.8 Å². The number of aliphatic imine (C=N–C) groups is 1. The van der Waals surface area contributed by atoms with Gasteiger partial charge in [0.15, 0.2) is 5.17 Å². The number of amides is 1. The third-order valence-corrected chi connectivity index (χ3v) is 7.63. The summed E-state index contributed by atoms with van der Waals surface area (Å²) in [4.78, 5) is 20.3. The molecule has 4 aromatic rings. The number of thioether (sulfide) groups is 1. The van der Waals surface area contributed by atoms with E-state index in [0.717, 1.165) is 21.3 Å². The predicted octanol–water partition coefficient (Wildman–Crippen LogP) is 8.73. The van der Waals surface area contributed by atoms with Crippen LogP contribution in [0.2, 0.25) is 10.0 Å². The number of para-hydroxylation sites is 1. The van der Waals surface area contributed by atoms with Crippen LogP contribution in [0.3, 0.4) is 0 Å². The highest BCUT2D eigenvalue weighted by Crippen LogP contribution is 2.36. The van der Waals surface area contributed by atoms with Crippen molar-refractivity contribution in [3.63, 3.8) is 0 Å². The van der Waals surface area contributed by atoms with Gasteiger partial charge in [0.25, 0.3) is 5.91 Å². The van der Waals surface area contributed by atoms with Crippen LogP contribution >= 0.6 is 50.9 Å². The molecule has 1 fully saturated rings. The van der Waals surface area contributed by atoms with Crippen molar-refractivity contribution in [1.82, 2.24) is 4.90 Å². The number of nitrogens with zero attached hydrogens (tertiary/aromatic N) is 2. The van der Waals surface area contributed by atoms with Gasteiger partial charge >= 0.3 is 0 Å². The van der Waals surface area contributed by atoms with Gasteiger partial charge in [0.1, 0.15) is 18.1 Å². The molecule has 0 spiro atoms. The molecule has 0 saturated carbocycles. The van der Waals surface area contributed by atoms with Gasteiger partial charge in [-0.1, -0.05) is 53.5 Å². The van der Waals surface area contributed by atoms with Crippen molar-refractivity contribution in [1.29, 1.82) is 0 Å². The normalized spacial score (nSPS) is 15.6. The standard InChI is InChI=1S/C28H19BrCl2N2O3S/c29-23-13-18(8-11-25(23)36-17-19-9-10-20(30)15-24(19)31)14-26-27(34)33(16-22-7-4-12-35-22)28(37-26)32-21-5-2-1-3-6-21/h1-15H,16-17H2/b26-14-,32-28?. The van der Waals surface area contributed by atoms with Gasteiger partial charge in [0.2, 0.25) is 0 Å². The number of benzene rings is 3. The van der Waals surface area contributed by atoms with E-state index in [2.05, 4.69) is 15.9 Å².